The van der Waals surface area contributed by atoms with Crippen molar-refractivity contribution in [1.29, 1.82) is 0 Å². The van der Waals surface area contributed by atoms with Crippen LogP contribution in [0, 0.1) is 0 Å². The van der Waals surface area contributed by atoms with Crippen molar-refractivity contribution in [2.45, 2.75) is 13.0 Å². The number of aromatic hydroxyl groups is 1. The zero-order valence-corrected chi connectivity index (χ0v) is 11.9. The van der Waals surface area contributed by atoms with Crippen LogP contribution in [0.3, 0.4) is 0 Å². The van der Waals surface area contributed by atoms with E-state index in [0.717, 1.165) is 21.9 Å². The molecule has 0 bridgehead atoms. The Kier molecular flexibility index (Phi) is 3.69. The number of hydrogen-bond acceptors (Lipinski definition) is 2. The molecule has 3 aromatic rings. The third-order valence-corrected chi connectivity index (χ3v) is 3.63. The summed E-state index contributed by atoms with van der Waals surface area (Å²) in [5, 5.41) is 12.5. The van der Waals surface area contributed by atoms with Gasteiger partial charge in [0.15, 0.2) is 0 Å². The molecule has 2 heteroatoms. The van der Waals surface area contributed by atoms with Crippen LogP contribution in [0.1, 0.15) is 24.1 Å². The Labute approximate surface area is 124 Å². The predicted molar refractivity (Wildman–Crippen MR) is 88.1 cm³/mol. The van der Waals surface area contributed by atoms with Crippen molar-refractivity contribution >= 4 is 17.0 Å². The molecule has 0 amide bonds. The fraction of sp³-hybridized carbons (Fsp3) is 0.105. The Hall–Kier alpha value is -2.61. The topological polar surface area (TPSA) is 32.6 Å². The summed E-state index contributed by atoms with van der Waals surface area (Å²) < 4.78 is 0. The van der Waals surface area contributed by atoms with Crippen LogP contribution in [0.5, 0.6) is 5.75 Å². The summed E-state index contributed by atoms with van der Waals surface area (Å²) in [5.41, 5.74) is 1.93. The third-order valence-electron chi connectivity index (χ3n) is 3.63. The standard InChI is InChI=1S/C19H17NO/c1-2-20-19(15-9-4-3-5-10-15)18-16-11-7-6-8-14(16)12-13-17(18)21/h2-13,19,21H,1H3. The Morgan fingerprint density at radius 1 is 0.905 bits per heavy atom. The number of aliphatic imine (C=N–C) groups is 1. The lowest BCUT2D eigenvalue weighted by Gasteiger charge is -2.17. The van der Waals surface area contributed by atoms with Crippen molar-refractivity contribution in [1.82, 2.24) is 0 Å². The monoisotopic (exact) mass is 275 g/mol. The number of fused-ring (bicyclic) bond motifs is 1. The van der Waals surface area contributed by atoms with Gasteiger partial charge in [0.2, 0.25) is 0 Å². The van der Waals surface area contributed by atoms with Gasteiger partial charge in [-0.05, 0) is 35.5 Å². The van der Waals surface area contributed by atoms with Crippen molar-refractivity contribution in [3.05, 3.63) is 77.9 Å². The Morgan fingerprint density at radius 2 is 1.62 bits per heavy atom. The van der Waals surface area contributed by atoms with Crippen LogP contribution in [-0.4, -0.2) is 11.3 Å². The maximum absolute atomic E-state index is 10.4. The van der Waals surface area contributed by atoms with E-state index in [-0.39, 0.29) is 11.8 Å². The average molecular weight is 275 g/mol. The minimum Gasteiger partial charge on any atom is -0.508 e. The van der Waals surface area contributed by atoms with Crippen LogP contribution >= 0.6 is 0 Å². The first-order valence-electron chi connectivity index (χ1n) is 7.04. The van der Waals surface area contributed by atoms with Crippen molar-refractivity contribution in [3.8, 4) is 5.75 Å². The van der Waals surface area contributed by atoms with Crippen molar-refractivity contribution in [3.63, 3.8) is 0 Å². The zero-order valence-electron chi connectivity index (χ0n) is 11.9. The Bertz CT molecular complexity index is 778. The molecule has 0 aliphatic heterocycles. The second-order valence-corrected chi connectivity index (χ2v) is 4.94. The summed E-state index contributed by atoms with van der Waals surface area (Å²) >= 11 is 0. The molecule has 1 unspecified atom stereocenters. The molecule has 0 aliphatic rings. The van der Waals surface area contributed by atoms with E-state index in [9.17, 15) is 5.11 Å². The molecular formula is C19H17NO. The van der Waals surface area contributed by atoms with E-state index in [1.54, 1.807) is 12.3 Å². The molecule has 0 saturated carbocycles. The van der Waals surface area contributed by atoms with E-state index in [4.69, 9.17) is 0 Å². The molecule has 0 radical (unpaired) electrons. The molecule has 0 aliphatic carbocycles. The second-order valence-electron chi connectivity index (χ2n) is 4.94. The summed E-state index contributed by atoms with van der Waals surface area (Å²) in [4.78, 5) is 4.59. The molecule has 104 valence electrons. The van der Waals surface area contributed by atoms with Gasteiger partial charge in [-0.1, -0.05) is 60.7 Å². The summed E-state index contributed by atoms with van der Waals surface area (Å²) in [6.07, 6.45) is 1.79. The normalized spacial score (nSPS) is 12.8. The van der Waals surface area contributed by atoms with Crippen LogP contribution in [0.15, 0.2) is 71.7 Å². The van der Waals surface area contributed by atoms with E-state index in [0.29, 0.717) is 0 Å². The van der Waals surface area contributed by atoms with Crippen LogP contribution in [0.2, 0.25) is 0 Å². The molecule has 0 heterocycles. The summed E-state index contributed by atoms with van der Waals surface area (Å²) in [7, 11) is 0. The van der Waals surface area contributed by atoms with E-state index in [2.05, 4.69) is 11.1 Å². The third kappa shape index (κ3) is 2.52. The molecule has 1 atom stereocenters. The smallest absolute Gasteiger partial charge is 0.121 e. The maximum atomic E-state index is 10.4. The quantitative estimate of drug-likeness (QED) is 0.689. The summed E-state index contributed by atoms with van der Waals surface area (Å²) in [6.45, 7) is 1.90. The highest BCUT2D eigenvalue weighted by molar-refractivity contribution is 5.88. The largest absolute Gasteiger partial charge is 0.508 e. The highest BCUT2D eigenvalue weighted by Crippen LogP contribution is 2.37. The van der Waals surface area contributed by atoms with Gasteiger partial charge in [-0.15, -0.1) is 0 Å². The first kappa shape index (κ1) is 13.4. The van der Waals surface area contributed by atoms with Gasteiger partial charge in [-0.3, -0.25) is 4.99 Å². The van der Waals surface area contributed by atoms with Gasteiger partial charge in [-0.2, -0.15) is 0 Å². The summed E-state index contributed by atoms with van der Waals surface area (Å²) in [6, 6.07) is 21.6. The lowest BCUT2D eigenvalue weighted by Crippen LogP contribution is -2.00. The zero-order chi connectivity index (χ0) is 14.7. The number of benzene rings is 3. The molecule has 0 saturated heterocycles. The van der Waals surface area contributed by atoms with E-state index in [1.165, 1.54) is 0 Å². The van der Waals surface area contributed by atoms with Gasteiger partial charge in [-0.25, -0.2) is 0 Å². The molecular weight excluding hydrogens is 258 g/mol. The first-order chi connectivity index (χ1) is 10.3. The van der Waals surface area contributed by atoms with Crippen LogP contribution in [0.4, 0.5) is 0 Å². The van der Waals surface area contributed by atoms with E-state index in [1.807, 2.05) is 61.5 Å². The van der Waals surface area contributed by atoms with Gasteiger partial charge in [0.05, 0.1) is 0 Å². The number of rotatable bonds is 3. The molecule has 0 aromatic heterocycles. The van der Waals surface area contributed by atoms with Gasteiger partial charge in [0.25, 0.3) is 0 Å². The summed E-state index contributed by atoms with van der Waals surface area (Å²) in [5.74, 6) is 0.285. The van der Waals surface area contributed by atoms with Crippen LogP contribution in [-0.2, 0) is 0 Å². The number of nitrogens with zero attached hydrogens (tertiary/aromatic N) is 1. The molecule has 1 N–H and O–H groups in total. The van der Waals surface area contributed by atoms with Crippen molar-refractivity contribution in [2.75, 3.05) is 0 Å². The minimum atomic E-state index is -0.192. The highest BCUT2D eigenvalue weighted by atomic mass is 16.3. The lowest BCUT2D eigenvalue weighted by atomic mass is 9.93. The van der Waals surface area contributed by atoms with Gasteiger partial charge in [0.1, 0.15) is 11.8 Å². The highest BCUT2D eigenvalue weighted by Gasteiger charge is 2.18. The number of phenolic OH excluding ortho intramolecular Hbond substituents is 1. The number of phenols is 1. The van der Waals surface area contributed by atoms with E-state index < -0.39 is 0 Å². The van der Waals surface area contributed by atoms with Gasteiger partial charge < -0.3 is 5.11 Å². The second kappa shape index (κ2) is 5.80. The van der Waals surface area contributed by atoms with Crippen LogP contribution in [0.25, 0.3) is 10.8 Å². The first-order valence-corrected chi connectivity index (χ1v) is 7.04. The van der Waals surface area contributed by atoms with Gasteiger partial charge in [0, 0.05) is 5.56 Å². The Morgan fingerprint density at radius 3 is 2.38 bits per heavy atom. The molecule has 0 spiro atoms. The molecule has 3 aromatic carbocycles. The fourth-order valence-corrected chi connectivity index (χ4v) is 2.68. The molecule has 3 rings (SSSR count). The average Bonchev–Trinajstić information content (AvgIpc) is 2.54. The van der Waals surface area contributed by atoms with E-state index >= 15 is 0 Å². The maximum Gasteiger partial charge on any atom is 0.121 e. The van der Waals surface area contributed by atoms with Gasteiger partial charge >= 0.3 is 0 Å². The predicted octanol–water partition coefficient (Wildman–Crippen LogP) is 4.73. The van der Waals surface area contributed by atoms with Crippen molar-refractivity contribution < 1.29 is 5.11 Å². The lowest BCUT2D eigenvalue weighted by molar-refractivity contribution is 0.467. The Balaban J connectivity index is 2.27. The fourth-order valence-electron chi connectivity index (χ4n) is 2.68. The van der Waals surface area contributed by atoms with Crippen LogP contribution < -0.4 is 0 Å². The van der Waals surface area contributed by atoms with Crippen molar-refractivity contribution in [2.24, 2.45) is 4.99 Å². The SMILES string of the molecule is CC=NC(c1ccccc1)c1c(O)ccc2ccccc12. The molecule has 0 fully saturated rings. The number of hydrogen-bond donors (Lipinski definition) is 1. The minimum absolute atomic E-state index is 0.192. The molecule has 2 nitrogen and oxygen atoms in total. The molecule has 21 heavy (non-hydrogen) atoms.